The van der Waals surface area contributed by atoms with Crippen molar-refractivity contribution >= 4 is 6.21 Å². The molecule has 0 spiro atoms. The molecule has 4 fully saturated rings. The first-order chi connectivity index (χ1) is 14.2. The van der Waals surface area contributed by atoms with Gasteiger partial charge in [0.1, 0.15) is 0 Å². The van der Waals surface area contributed by atoms with Crippen LogP contribution < -0.4 is 0 Å². The SMILES string of the molecule is C[C@]12CC[C@H]3[C@@H](CCC4C[C@@H](O)CC[C@@]43C)[C@@H]1CC[C@@H]2[C@](C)(O)CCC1=CCN=C1. The van der Waals surface area contributed by atoms with E-state index in [9.17, 15) is 10.2 Å². The van der Waals surface area contributed by atoms with Crippen LogP contribution >= 0.6 is 0 Å². The van der Waals surface area contributed by atoms with Crippen molar-refractivity contribution in [1.29, 1.82) is 0 Å². The number of aliphatic hydroxyl groups is 2. The van der Waals surface area contributed by atoms with E-state index in [0.29, 0.717) is 16.7 Å². The monoisotopic (exact) mass is 413 g/mol. The van der Waals surface area contributed by atoms with E-state index in [1.807, 2.05) is 6.21 Å². The summed E-state index contributed by atoms with van der Waals surface area (Å²) >= 11 is 0. The van der Waals surface area contributed by atoms with Gasteiger partial charge in [0.15, 0.2) is 0 Å². The zero-order valence-corrected chi connectivity index (χ0v) is 19.4. The van der Waals surface area contributed by atoms with Crippen molar-refractivity contribution in [3.8, 4) is 0 Å². The van der Waals surface area contributed by atoms with Crippen molar-refractivity contribution in [2.24, 2.45) is 45.4 Å². The summed E-state index contributed by atoms with van der Waals surface area (Å²) in [6.45, 7) is 8.06. The Bertz CT molecular complexity index is 726. The smallest absolute Gasteiger partial charge is 0.0656 e. The van der Waals surface area contributed by atoms with Crippen LogP contribution in [-0.4, -0.2) is 34.7 Å². The van der Waals surface area contributed by atoms with Crippen molar-refractivity contribution in [1.82, 2.24) is 0 Å². The van der Waals surface area contributed by atoms with Crippen molar-refractivity contribution in [3.63, 3.8) is 0 Å². The third-order valence-electron chi connectivity index (χ3n) is 11.0. The van der Waals surface area contributed by atoms with Crippen molar-refractivity contribution in [3.05, 3.63) is 11.6 Å². The molecular formula is C27H43NO2. The molecular weight excluding hydrogens is 370 g/mol. The molecule has 4 aliphatic carbocycles. The minimum atomic E-state index is -0.580. The summed E-state index contributed by atoms with van der Waals surface area (Å²) in [5.41, 5.74) is 1.46. The van der Waals surface area contributed by atoms with Crippen molar-refractivity contribution in [2.45, 2.75) is 103 Å². The topological polar surface area (TPSA) is 52.8 Å². The fraction of sp³-hybridized carbons (Fsp3) is 0.889. The molecule has 0 amide bonds. The predicted molar refractivity (Wildman–Crippen MR) is 123 cm³/mol. The summed E-state index contributed by atoms with van der Waals surface area (Å²) < 4.78 is 0. The Morgan fingerprint density at radius 1 is 1.03 bits per heavy atom. The van der Waals surface area contributed by atoms with E-state index in [0.717, 1.165) is 55.9 Å². The minimum absolute atomic E-state index is 0.0560. The van der Waals surface area contributed by atoms with Crippen LogP contribution in [0.25, 0.3) is 0 Å². The van der Waals surface area contributed by atoms with Gasteiger partial charge in [-0.3, -0.25) is 4.99 Å². The molecule has 0 aromatic heterocycles. The number of aliphatic imine (C=N–C) groups is 1. The molecule has 4 saturated carbocycles. The van der Waals surface area contributed by atoms with Gasteiger partial charge in [0, 0.05) is 6.21 Å². The molecule has 0 aromatic carbocycles. The molecule has 9 atom stereocenters. The Morgan fingerprint density at radius 3 is 2.57 bits per heavy atom. The predicted octanol–water partition coefficient (Wildman–Crippen LogP) is 5.55. The lowest BCUT2D eigenvalue weighted by molar-refractivity contribution is -0.144. The highest BCUT2D eigenvalue weighted by Crippen LogP contribution is 2.68. The van der Waals surface area contributed by atoms with E-state index in [4.69, 9.17) is 0 Å². The molecule has 5 aliphatic rings. The van der Waals surface area contributed by atoms with Gasteiger partial charge in [-0.05, 0) is 124 Å². The standard InChI is InChI=1S/C27H43NO2/c1-25-12-9-20(29)16-19(25)4-5-21-22-6-7-24(26(22,2)13-10-23(21)25)27(3,30)14-8-18-11-15-28-17-18/h11,17,19-24,29-30H,4-10,12-16H2,1-3H3/t19?,20-,21-,22-,23-,24-,25-,26-,27+/m0/s1. The molecule has 0 saturated heterocycles. The molecule has 3 nitrogen and oxygen atoms in total. The highest BCUT2D eigenvalue weighted by Gasteiger charge is 2.62. The normalized spacial score (nSPS) is 49.7. The van der Waals surface area contributed by atoms with E-state index in [1.165, 1.54) is 50.5 Å². The average molecular weight is 414 g/mol. The number of fused-ring (bicyclic) bond motifs is 5. The van der Waals surface area contributed by atoms with Crippen LogP contribution in [0, 0.1) is 40.4 Å². The lowest BCUT2D eigenvalue weighted by atomic mass is 9.44. The van der Waals surface area contributed by atoms with Crippen molar-refractivity contribution < 1.29 is 10.2 Å². The molecule has 2 N–H and O–H groups in total. The molecule has 1 aliphatic heterocycles. The van der Waals surface area contributed by atoms with Gasteiger partial charge in [0.2, 0.25) is 0 Å². The molecule has 5 rings (SSSR count). The van der Waals surface area contributed by atoms with Crippen LogP contribution in [0.1, 0.15) is 91.4 Å². The number of aliphatic hydroxyl groups excluding tert-OH is 1. The van der Waals surface area contributed by atoms with Crippen molar-refractivity contribution in [2.75, 3.05) is 6.54 Å². The summed E-state index contributed by atoms with van der Waals surface area (Å²) in [6, 6.07) is 0. The second kappa shape index (κ2) is 7.44. The number of hydrogen-bond donors (Lipinski definition) is 2. The maximum absolute atomic E-state index is 11.6. The van der Waals surface area contributed by atoms with Crippen LogP contribution in [-0.2, 0) is 0 Å². The van der Waals surface area contributed by atoms with Crippen LogP contribution in [0.4, 0.5) is 0 Å². The average Bonchev–Trinajstić information content (AvgIpc) is 3.34. The molecule has 3 heteroatoms. The van der Waals surface area contributed by atoms with Gasteiger partial charge in [0.25, 0.3) is 0 Å². The van der Waals surface area contributed by atoms with Crippen LogP contribution in [0.15, 0.2) is 16.6 Å². The molecule has 168 valence electrons. The number of hydrogen-bond acceptors (Lipinski definition) is 3. The maximum Gasteiger partial charge on any atom is 0.0656 e. The fourth-order valence-corrected chi connectivity index (χ4v) is 9.39. The number of allylic oxidation sites excluding steroid dienone is 1. The van der Waals surface area contributed by atoms with Gasteiger partial charge >= 0.3 is 0 Å². The first-order valence-electron chi connectivity index (χ1n) is 12.8. The lowest BCUT2D eigenvalue weighted by Gasteiger charge is -2.61. The van der Waals surface area contributed by atoms with E-state index in [2.05, 4.69) is 31.8 Å². The quantitative estimate of drug-likeness (QED) is 0.635. The highest BCUT2D eigenvalue weighted by atomic mass is 16.3. The summed E-state index contributed by atoms with van der Waals surface area (Å²) in [6.07, 6.45) is 17.1. The Morgan fingerprint density at radius 2 is 1.80 bits per heavy atom. The number of rotatable bonds is 4. The van der Waals surface area contributed by atoms with Gasteiger partial charge < -0.3 is 10.2 Å². The van der Waals surface area contributed by atoms with E-state index < -0.39 is 5.60 Å². The molecule has 1 heterocycles. The number of nitrogens with zero attached hydrogens (tertiary/aromatic N) is 1. The summed E-state index contributed by atoms with van der Waals surface area (Å²) in [5, 5.41) is 21.9. The van der Waals surface area contributed by atoms with Gasteiger partial charge in [-0.1, -0.05) is 19.9 Å². The van der Waals surface area contributed by atoms with Crippen LogP contribution in [0.3, 0.4) is 0 Å². The summed E-state index contributed by atoms with van der Waals surface area (Å²) in [5.74, 6) is 3.61. The van der Waals surface area contributed by atoms with Gasteiger partial charge in [0.05, 0.1) is 18.2 Å². The van der Waals surface area contributed by atoms with E-state index in [-0.39, 0.29) is 6.10 Å². The zero-order chi connectivity index (χ0) is 21.1. The van der Waals surface area contributed by atoms with Gasteiger partial charge in [-0.25, -0.2) is 0 Å². The molecule has 0 radical (unpaired) electrons. The second-order valence-electron chi connectivity index (χ2n) is 12.4. The minimum Gasteiger partial charge on any atom is -0.393 e. The third-order valence-corrected chi connectivity index (χ3v) is 11.0. The third kappa shape index (κ3) is 3.25. The molecule has 30 heavy (non-hydrogen) atoms. The second-order valence-corrected chi connectivity index (χ2v) is 12.4. The van der Waals surface area contributed by atoms with E-state index in [1.54, 1.807) is 0 Å². The lowest BCUT2D eigenvalue weighted by Crippen LogP contribution is -2.55. The molecule has 0 aromatic rings. The Labute approximate surface area is 183 Å². The first kappa shape index (κ1) is 21.2. The van der Waals surface area contributed by atoms with E-state index >= 15 is 0 Å². The summed E-state index contributed by atoms with van der Waals surface area (Å²) in [4.78, 5) is 4.32. The first-order valence-corrected chi connectivity index (χ1v) is 12.8. The molecule has 1 unspecified atom stereocenters. The van der Waals surface area contributed by atoms with Gasteiger partial charge in [-0.15, -0.1) is 0 Å². The molecule has 0 bridgehead atoms. The zero-order valence-electron chi connectivity index (χ0n) is 19.4. The van der Waals surface area contributed by atoms with Gasteiger partial charge in [-0.2, -0.15) is 0 Å². The Hall–Kier alpha value is -0.670. The fourth-order valence-electron chi connectivity index (χ4n) is 9.39. The van der Waals surface area contributed by atoms with Crippen LogP contribution in [0.2, 0.25) is 0 Å². The Balaban J connectivity index is 1.33. The highest BCUT2D eigenvalue weighted by molar-refractivity contribution is 5.80. The van der Waals surface area contributed by atoms with Crippen LogP contribution in [0.5, 0.6) is 0 Å². The largest absolute Gasteiger partial charge is 0.393 e. The summed E-state index contributed by atoms with van der Waals surface area (Å²) in [7, 11) is 0. The Kier molecular flexibility index (Phi) is 5.26. The maximum atomic E-state index is 11.6.